The van der Waals surface area contributed by atoms with Crippen molar-refractivity contribution in [1.29, 1.82) is 0 Å². The van der Waals surface area contributed by atoms with E-state index < -0.39 is 56.3 Å². The molecule has 0 atom stereocenters. The number of carbonyl (C=O) groups excluding carboxylic acids is 3. The third kappa shape index (κ3) is 9.09. The van der Waals surface area contributed by atoms with Gasteiger partial charge < -0.3 is 28.3 Å². The van der Waals surface area contributed by atoms with E-state index >= 15 is 0 Å². The topological polar surface area (TPSA) is 106 Å². The number of likely N-dealkylation sites (N-methyl/N-ethyl adjacent to an activating group) is 3. The second-order valence-electron chi connectivity index (χ2n) is 6.09. The number of phosphoric acid groups is 1. The molecule has 0 aliphatic carbocycles. The van der Waals surface area contributed by atoms with Crippen LogP contribution in [0.5, 0.6) is 0 Å². The van der Waals surface area contributed by atoms with Crippen LogP contribution in [-0.4, -0.2) is 74.7 Å². The highest BCUT2D eigenvalue weighted by Gasteiger charge is 2.43. The largest absolute Gasteiger partial charge is 0.647 e. The summed E-state index contributed by atoms with van der Waals surface area (Å²) in [4.78, 5) is 39.9. The van der Waals surface area contributed by atoms with Crippen LogP contribution >= 0.6 is 77.4 Å². The summed E-state index contributed by atoms with van der Waals surface area (Å²) >= 11 is 34.0. The summed E-state index contributed by atoms with van der Waals surface area (Å²) in [7, 11) is 2.51. The van der Waals surface area contributed by atoms with Gasteiger partial charge in [-0.2, -0.15) is 4.57 Å². The minimum absolute atomic E-state index is 0.793. The van der Waals surface area contributed by atoms with Crippen LogP contribution < -0.4 is 0 Å². The molecule has 32 heavy (non-hydrogen) atoms. The first-order valence-electron chi connectivity index (χ1n) is 7.94. The molecule has 10 nitrogen and oxygen atoms in total. The molecule has 0 aromatic rings. The van der Waals surface area contributed by atoms with Gasteiger partial charge in [-0.15, -0.1) is 0 Å². The number of rotatable bonds is 9. The van der Waals surface area contributed by atoms with Gasteiger partial charge in [0.15, 0.2) is 13.5 Å². The molecule has 0 rings (SSSR count). The van der Waals surface area contributed by atoms with Gasteiger partial charge in [0.25, 0.3) is 17.7 Å². The van der Waals surface area contributed by atoms with Gasteiger partial charge in [0, 0.05) is 42.3 Å². The fourth-order valence-electron chi connectivity index (χ4n) is 1.46. The average Bonchev–Trinajstić information content (AvgIpc) is 2.66. The number of amides is 3. The summed E-state index contributed by atoms with van der Waals surface area (Å²) < 4.78 is 26.2. The molecule has 182 valence electrons. The molecule has 0 heterocycles. The fourth-order valence-corrected chi connectivity index (χ4v) is 3.79. The van der Waals surface area contributed by atoms with Crippen molar-refractivity contribution in [1.82, 2.24) is 14.7 Å². The predicted octanol–water partition coefficient (Wildman–Crippen LogP) is 4.35. The monoisotopic (exact) mass is 593 g/mol. The first-order valence-corrected chi connectivity index (χ1v) is 11.7. The second kappa shape index (κ2) is 13.0. The van der Waals surface area contributed by atoms with Gasteiger partial charge in [0.05, 0.1) is 0 Å². The second-order valence-corrected chi connectivity index (χ2v) is 10.4. The summed E-state index contributed by atoms with van der Waals surface area (Å²) in [6.07, 6.45) is 0. The van der Waals surface area contributed by atoms with Gasteiger partial charge in [-0.05, 0) is 0 Å². The lowest BCUT2D eigenvalue weighted by molar-refractivity contribution is -0.127. The summed E-state index contributed by atoms with van der Waals surface area (Å²) in [6, 6.07) is 0. The normalized spacial score (nSPS) is 10.4. The lowest BCUT2D eigenvalue weighted by Gasteiger charge is -2.24. The van der Waals surface area contributed by atoms with E-state index in [1.165, 1.54) is 42.3 Å². The van der Waals surface area contributed by atoms with Crippen LogP contribution in [0.4, 0.5) is 0 Å². The lowest BCUT2D eigenvalue weighted by Crippen LogP contribution is -2.28. The smallest absolute Gasteiger partial charge is 0.377 e. The Labute approximate surface area is 214 Å². The van der Waals surface area contributed by atoms with Crippen molar-refractivity contribution in [3.8, 4) is 0 Å². The molecule has 0 N–H and O–H groups in total. The van der Waals surface area contributed by atoms with Crippen LogP contribution in [0.3, 0.4) is 0 Å². The molecule has 0 spiro atoms. The zero-order valence-corrected chi connectivity index (χ0v) is 22.8. The number of hydrogen-bond donors (Lipinski definition) is 0. The van der Waals surface area contributed by atoms with E-state index in [1.54, 1.807) is 0 Å². The van der Waals surface area contributed by atoms with Crippen LogP contribution in [-0.2, 0) is 32.5 Å². The first kappa shape index (κ1) is 31.0. The van der Waals surface area contributed by atoms with Crippen LogP contribution in [0.15, 0.2) is 30.8 Å². The minimum atomic E-state index is -5.25. The van der Waals surface area contributed by atoms with Crippen LogP contribution in [0.25, 0.3) is 0 Å². The number of hydrogen-bond acceptors (Lipinski definition) is 7. The van der Waals surface area contributed by atoms with E-state index in [2.05, 4.69) is 0 Å². The number of halogens is 6. The zero-order valence-electron chi connectivity index (χ0n) is 17.4. The summed E-state index contributed by atoms with van der Waals surface area (Å²) in [5, 5.41) is 0. The molecule has 17 heteroatoms. The maximum atomic E-state index is 13.5. The van der Waals surface area contributed by atoms with E-state index in [0.717, 1.165) is 14.7 Å². The van der Waals surface area contributed by atoms with Crippen LogP contribution in [0.2, 0.25) is 0 Å². The third-order valence-corrected chi connectivity index (χ3v) is 5.17. The quantitative estimate of drug-likeness (QED) is 0.222. The highest BCUT2D eigenvalue weighted by atomic mass is 35.5. The fraction of sp³-hybridized carbons (Fsp3) is 0.400. The Bertz CT molecular complexity index is 791. The summed E-state index contributed by atoms with van der Waals surface area (Å²) in [5.74, 6) is -5.73. The molecule has 0 fully saturated rings. The van der Waals surface area contributed by atoms with Gasteiger partial charge >= 0.3 is 7.82 Å². The van der Waals surface area contributed by atoms with Gasteiger partial charge in [-0.25, -0.2) is 0 Å². The van der Waals surface area contributed by atoms with Crippen molar-refractivity contribution in [3.63, 3.8) is 0 Å². The van der Waals surface area contributed by atoms with Crippen LogP contribution in [0, 0.1) is 0 Å². The Kier molecular flexibility index (Phi) is 12.6. The van der Waals surface area contributed by atoms with E-state index in [9.17, 15) is 18.9 Å². The Morgan fingerprint density at radius 3 is 0.844 bits per heavy atom. The zero-order chi connectivity index (χ0) is 25.5. The first-order chi connectivity index (χ1) is 14.4. The maximum absolute atomic E-state index is 13.5. The molecule has 0 aliphatic heterocycles. The summed E-state index contributed by atoms with van der Waals surface area (Å²) in [6.45, 7) is 0. The Hall–Kier alpha value is -1.000. The Morgan fingerprint density at radius 2 is 0.719 bits per heavy atom. The Morgan fingerprint density at radius 1 is 0.531 bits per heavy atom. The number of carbonyl (C=O) groups is 3. The third-order valence-electron chi connectivity index (χ3n) is 2.93. The molecule has 0 unspecified atom stereocenters. The van der Waals surface area contributed by atoms with Gasteiger partial charge in [0.1, 0.15) is 0 Å². The van der Waals surface area contributed by atoms with Crippen LogP contribution in [0.1, 0.15) is 0 Å². The van der Waals surface area contributed by atoms with Gasteiger partial charge in [-0.1, -0.05) is 69.6 Å². The van der Waals surface area contributed by atoms with E-state index in [-0.39, 0.29) is 0 Å². The molecule has 0 bridgehead atoms. The van der Waals surface area contributed by atoms with Crippen molar-refractivity contribution >= 4 is 95.1 Å². The van der Waals surface area contributed by atoms with Crippen molar-refractivity contribution in [3.05, 3.63) is 30.8 Å². The van der Waals surface area contributed by atoms with Gasteiger partial charge in [-0.3, -0.25) is 14.4 Å². The van der Waals surface area contributed by atoms with Crippen molar-refractivity contribution < 1.29 is 32.5 Å². The standard InChI is InChI=1S/C15H18Cl6N3O7P/c1-22(2)13(25)7(10(16)17)29-32(28,30-8(11(18)19)14(26)23(3)4)31-9(12(20)21)15(27)24(5)6/h1-6H3. The predicted molar refractivity (Wildman–Crippen MR) is 123 cm³/mol. The highest BCUT2D eigenvalue weighted by molar-refractivity contribution is 7.49. The Balaban J connectivity index is 6.74. The molecular formula is C15H18Cl6N3O7P. The average molecular weight is 596 g/mol. The molecule has 0 saturated heterocycles. The maximum Gasteiger partial charge on any atom is 0.647 e. The number of nitrogens with zero attached hydrogens (tertiary/aromatic N) is 3. The highest BCUT2D eigenvalue weighted by Crippen LogP contribution is 2.57. The molecule has 0 saturated carbocycles. The molecule has 0 aromatic carbocycles. The number of phosphoric ester groups is 1. The van der Waals surface area contributed by atoms with E-state index in [4.69, 9.17) is 83.2 Å². The summed E-state index contributed by atoms with van der Waals surface area (Å²) in [5.41, 5.74) is 0. The van der Waals surface area contributed by atoms with Gasteiger partial charge in [0.2, 0.25) is 17.3 Å². The molecule has 0 radical (unpaired) electrons. The lowest BCUT2D eigenvalue weighted by atomic mass is 10.5. The SMILES string of the molecule is CN(C)C(=O)C(OP(=O)(OC(C(=O)N(C)C)=C(Cl)Cl)OC(C(=O)N(C)C)=C(Cl)Cl)=C(Cl)Cl. The molecule has 3 amide bonds. The molecular weight excluding hydrogens is 578 g/mol. The van der Waals surface area contributed by atoms with Crippen molar-refractivity contribution in [2.75, 3.05) is 42.3 Å². The molecule has 0 aromatic heterocycles. The minimum Gasteiger partial charge on any atom is -0.377 e. The van der Waals surface area contributed by atoms with E-state index in [0.29, 0.717) is 0 Å². The van der Waals surface area contributed by atoms with E-state index in [1.807, 2.05) is 0 Å². The molecule has 0 aliphatic rings. The van der Waals surface area contributed by atoms with Crippen molar-refractivity contribution in [2.45, 2.75) is 0 Å². The van der Waals surface area contributed by atoms with Crippen molar-refractivity contribution in [2.24, 2.45) is 0 Å².